The van der Waals surface area contributed by atoms with E-state index in [2.05, 4.69) is 16.8 Å². The quantitative estimate of drug-likeness (QED) is 0.849. The molecule has 1 amide bonds. The lowest BCUT2D eigenvalue weighted by molar-refractivity contribution is -0.148. The van der Waals surface area contributed by atoms with Crippen LogP contribution in [-0.2, 0) is 16.1 Å². The number of carbonyl (C=O) groups excluding carboxylic acids is 1. The van der Waals surface area contributed by atoms with Crippen molar-refractivity contribution in [3.05, 3.63) is 16.1 Å². The van der Waals surface area contributed by atoms with Gasteiger partial charge < -0.3 is 9.64 Å². The molecule has 0 bridgehead atoms. The van der Waals surface area contributed by atoms with Gasteiger partial charge in [0.25, 0.3) is 0 Å². The van der Waals surface area contributed by atoms with Gasteiger partial charge in [-0.2, -0.15) is 0 Å². The minimum absolute atomic E-state index is 0.0891. The lowest BCUT2D eigenvalue weighted by atomic mass is 9.75. The second-order valence-corrected chi connectivity index (χ2v) is 7.26. The predicted octanol–water partition coefficient (Wildman–Crippen LogP) is 1.52. The maximum Gasteiger partial charge on any atom is 0.232 e. The maximum atomic E-state index is 12.7. The molecule has 0 N–H and O–H groups in total. The minimum Gasteiger partial charge on any atom is -0.377 e. The van der Waals surface area contributed by atoms with Crippen LogP contribution < -0.4 is 0 Å². The number of thiazole rings is 1. The standard InChI is InChI=1S/C15H23N3O2S/c1-11-12(21-10-16-11)8-18-6-4-13-15(9-18,5-7-20-13)14(19)17(2)3/h10,13H,4-9H2,1-3H3/t13-,15-/m0/s1. The fourth-order valence-electron chi connectivity index (χ4n) is 3.60. The molecule has 3 rings (SSSR count). The molecule has 3 heterocycles. The molecule has 0 unspecified atom stereocenters. The van der Waals surface area contributed by atoms with Crippen molar-refractivity contribution in [2.24, 2.45) is 5.41 Å². The van der Waals surface area contributed by atoms with E-state index in [1.54, 1.807) is 16.2 Å². The third-order valence-corrected chi connectivity index (χ3v) is 5.66. The van der Waals surface area contributed by atoms with E-state index < -0.39 is 0 Å². The number of likely N-dealkylation sites (tertiary alicyclic amines) is 1. The van der Waals surface area contributed by atoms with Crippen LogP contribution in [0.2, 0.25) is 0 Å². The van der Waals surface area contributed by atoms with Gasteiger partial charge in [0, 0.05) is 45.2 Å². The Morgan fingerprint density at radius 1 is 1.62 bits per heavy atom. The Hall–Kier alpha value is -0.980. The van der Waals surface area contributed by atoms with E-state index in [0.29, 0.717) is 6.61 Å². The summed E-state index contributed by atoms with van der Waals surface area (Å²) in [5.74, 6) is 0.218. The zero-order chi connectivity index (χ0) is 15.0. The topological polar surface area (TPSA) is 45.7 Å². The van der Waals surface area contributed by atoms with Crippen LogP contribution in [0.15, 0.2) is 5.51 Å². The van der Waals surface area contributed by atoms with Crippen molar-refractivity contribution in [2.75, 3.05) is 33.8 Å². The van der Waals surface area contributed by atoms with Gasteiger partial charge >= 0.3 is 0 Å². The first-order chi connectivity index (χ1) is 10.0. The zero-order valence-corrected chi connectivity index (χ0v) is 13.8. The number of amides is 1. The Balaban J connectivity index is 1.78. The second-order valence-electron chi connectivity index (χ2n) is 6.33. The molecular formula is C15H23N3O2S. The van der Waals surface area contributed by atoms with E-state index in [-0.39, 0.29) is 17.4 Å². The minimum atomic E-state index is -0.347. The van der Waals surface area contributed by atoms with Crippen LogP contribution in [0.3, 0.4) is 0 Å². The summed E-state index contributed by atoms with van der Waals surface area (Å²) in [4.78, 5) is 22.5. The largest absolute Gasteiger partial charge is 0.377 e. The first kappa shape index (κ1) is 14.9. The van der Waals surface area contributed by atoms with Crippen molar-refractivity contribution in [2.45, 2.75) is 32.4 Å². The van der Waals surface area contributed by atoms with Crippen molar-refractivity contribution in [3.8, 4) is 0 Å². The van der Waals surface area contributed by atoms with Gasteiger partial charge in [0.2, 0.25) is 5.91 Å². The van der Waals surface area contributed by atoms with Gasteiger partial charge in [-0.3, -0.25) is 9.69 Å². The SMILES string of the molecule is Cc1ncsc1CN1CC[C@@H]2OCC[C@]2(C(=O)N(C)C)C1. The number of fused-ring (bicyclic) bond motifs is 1. The summed E-state index contributed by atoms with van der Waals surface area (Å²) in [6.45, 7) is 5.44. The zero-order valence-electron chi connectivity index (χ0n) is 13.0. The molecule has 116 valence electrons. The van der Waals surface area contributed by atoms with Crippen molar-refractivity contribution in [3.63, 3.8) is 0 Å². The van der Waals surface area contributed by atoms with Crippen molar-refractivity contribution in [1.82, 2.24) is 14.8 Å². The molecule has 1 aromatic rings. The van der Waals surface area contributed by atoms with Crippen molar-refractivity contribution in [1.29, 1.82) is 0 Å². The number of carbonyl (C=O) groups is 1. The fraction of sp³-hybridized carbons (Fsp3) is 0.733. The summed E-state index contributed by atoms with van der Waals surface area (Å²) in [6, 6.07) is 0. The molecule has 2 aliphatic heterocycles. The summed E-state index contributed by atoms with van der Waals surface area (Å²) in [6.07, 6.45) is 1.87. The van der Waals surface area contributed by atoms with Crippen LogP contribution in [0.1, 0.15) is 23.4 Å². The van der Waals surface area contributed by atoms with Gasteiger partial charge in [-0.25, -0.2) is 4.98 Å². The molecule has 0 saturated carbocycles. The lowest BCUT2D eigenvalue weighted by Gasteiger charge is -2.43. The Bertz CT molecular complexity index is 531. The molecule has 0 radical (unpaired) electrons. The average Bonchev–Trinajstić information content (AvgIpc) is 3.05. The average molecular weight is 309 g/mol. The van der Waals surface area contributed by atoms with E-state index in [1.807, 2.05) is 19.6 Å². The highest BCUT2D eigenvalue weighted by Gasteiger charge is 2.53. The predicted molar refractivity (Wildman–Crippen MR) is 82.2 cm³/mol. The lowest BCUT2D eigenvalue weighted by Crippen LogP contribution is -2.56. The van der Waals surface area contributed by atoms with E-state index in [0.717, 1.165) is 38.2 Å². The van der Waals surface area contributed by atoms with Crippen LogP contribution in [0.4, 0.5) is 0 Å². The summed E-state index contributed by atoms with van der Waals surface area (Å²) in [5.41, 5.74) is 2.66. The van der Waals surface area contributed by atoms with Crippen LogP contribution in [-0.4, -0.2) is 60.6 Å². The Morgan fingerprint density at radius 2 is 2.43 bits per heavy atom. The number of hydrogen-bond acceptors (Lipinski definition) is 5. The molecule has 2 atom stereocenters. The van der Waals surface area contributed by atoms with Crippen LogP contribution in [0.25, 0.3) is 0 Å². The number of aromatic nitrogens is 1. The molecule has 0 aliphatic carbocycles. The second kappa shape index (κ2) is 5.66. The Morgan fingerprint density at radius 3 is 3.10 bits per heavy atom. The molecule has 0 spiro atoms. The number of aryl methyl sites for hydroxylation is 1. The van der Waals surface area contributed by atoms with Gasteiger partial charge in [0.1, 0.15) is 0 Å². The number of piperidine rings is 1. The molecule has 2 fully saturated rings. The summed E-state index contributed by atoms with van der Waals surface area (Å²) >= 11 is 1.70. The highest BCUT2D eigenvalue weighted by molar-refractivity contribution is 7.09. The van der Waals surface area contributed by atoms with E-state index in [4.69, 9.17) is 4.74 Å². The summed E-state index contributed by atoms with van der Waals surface area (Å²) < 4.78 is 5.85. The molecule has 2 saturated heterocycles. The number of nitrogens with zero attached hydrogens (tertiary/aromatic N) is 3. The highest BCUT2D eigenvalue weighted by atomic mass is 32.1. The fourth-order valence-corrected chi connectivity index (χ4v) is 4.41. The normalized spacial score (nSPS) is 29.4. The Labute approximate surface area is 129 Å². The first-order valence-electron chi connectivity index (χ1n) is 7.47. The smallest absolute Gasteiger partial charge is 0.232 e. The first-order valence-corrected chi connectivity index (χ1v) is 8.35. The van der Waals surface area contributed by atoms with E-state index in [9.17, 15) is 4.79 Å². The van der Waals surface area contributed by atoms with E-state index >= 15 is 0 Å². The van der Waals surface area contributed by atoms with Crippen LogP contribution in [0.5, 0.6) is 0 Å². The molecule has 6 heteroatoms. The molecule has 2 aliphatic rings. The van der Waals surface area contributed by atoms with Crippen LogP contribution >= 0.6 is 11.3 Å². The van der Waals surface area contributed by atoms with Crippen molar-refractivity contribution >= 4 is 17.2 Å². The summed E-state index contributed by atoms with van der Waals surface area (Å²) in [7, 11) is 3.69. The third kappa shape index (κ3) is 2.60. The van der Waals surface area contributed by atoms with Gasteiger partial charge in [0.15, 0.2) is 0 Å². The molecular weight excluding hydrogens is 286 g/mol. The van der Waals surface area contributed by atoms with Gasteiger partial charge in [-0.1, -0.05) is 0 Å². The molecule has 0 aromatic carbocycles. The third-order valence-electron chi connectivity index (χ3n) is 4.74. The summed E-state index contributed by atoms with van der Waals surface area (Å²) in [5, 5.41) is 0. The molecule has 1 aromatic heterocycles. The highest BCUT2D eigenvalue weighted by Crippen LogP contribution is 2.42. The monoisotopic (exact) mass is 309 g/mol. The molecule has 5 nitrogen and oxygen atoms in total. The van der Waals surface area contributed by atoms with Gasteiger partial charge in [-0.05, 0) is 19.8 Å². The number of hydrogen-bond donors (Lipinski definition) is 0. The van der Waals surface area contributed by atoms with Crippen molar-refractivity contribution < 1.29 is 9.53 Å². The van der Waals surface area contributed by atoms with Gasteiger partial charge in [-0.15, -0.1) is 11.3 Å². The molecule has 21 heavy (non-hydrogen) atoms. The Kier molecular flexibility index (Phi) is 4.03. The number of rotatable bonds is 3. The number of ether oxygens (including phenoxy) is 1. The van der Waals surface area contributed by atoms with E-state index in [1.165, 1.54) is 4.88 Å². The maximum absolute atomic E-state index is 12.7. The van der Waals surface area contributed by atoms with Crippen LogP contribution in [0, 0.1) is 12.3 Å². The van der Waals surface area contributed by atoms with Gasteiger partial charge in [0.05, 0.1) is 22.7 Å².